The van der Waals surface area contributed by atoms with Crippen LogP contribution in [0.5, 0.6) is 0 Å². The number of benzene rings is 1. The molecule has 1 aromatic carbocycles. The summed E-state index contributed by atoms with van der Waals surface area (Å²) >= 11 is 0. The van der Waals surface area contributed by atoms with Crippen LogP contribution in [0.2, 0.25) is 0 Å². The largest absolute Gasteiger partial charge is 0.467 e. The number of esters is 1. The summed E-state index contributed by atoms with van der Waals surface area (Å²) in [6, 6.07) is 2.59. The zero-order valence-corrected chi connectivity index (χ0v) is 12.3. The van der Waals surface area contributed by atoms with Crippen molar-refractivity contribution in [2.24, 2.45) is 0 Å². The van der Waals surface area contributed by atoms with Crippen LogP contribution in [0.25, 0.3) is 0 Å². The Balaban J connectivity index is 2.46. The van der Waals surface area contributed by atoms with Crippen LogP contribution in [0.4, 0.5) is 8.78 Å². The Bertz CT molecular complexity index is 740. The van der Waals surface area contributed by atoms with Gasteiger partial charge in [-0.05, 0) is 25.1 Å². The molecule has 0 bridgehead atoms. The maximum absolute atomic E-state index is 14.1. The number of nitrogens with one attached hydrogen (secondary N) is 1. The second kappa shape index (κ2) is 6.47. The number of rotatable bonds is 4. The number of amides is 1. The summed E-state index contributed by atoms with van der Waals surface area (Å²) in [5.41, 5.74) is -2.38. The van der Waals surface area contributed by atoms with Crippen molar-refractivity contribution in [1.29, 1.82) is 0 Å². The fourth-order valence-electron chi connectivity index (χ4n) is 2.02. The Kier molecular flexibility index (Phi) is 4.63. The van der Waals surface area contributed by atoms with Gasteiger partial charge in [0.15, 0.2) is 5.54 Å². The van der Waals surface area contributed by atoms with Crippen molar-refractivity contribution in [3.05, 3.63) is 59.7 Å². The van der Waals surface area contributed by atoms with Gasteiger partial charge in [-0.25, -0.2) is 18.6 Å². The number of hydrogen-bond donors (Lipinski definition) is 1. The predicted molar refractivity (Wildman–Crippen MR) is 75.2 cm³/mol. The van der Waals surface area contributed by atoms with Gasteiger partial charge in [-0.15, -0.1) is 0 Å². The number of carbonyl (C=O) groups excluding carboxylic acids is 2. The highest BCUT2D eigenvalue weighted by molar-refractivity contribution is 5.96. The Morgan fingerprint density at radius 2 is 2.00 bits per heavy atom. The van der Waals surface area contributed by atoms with E-state index in [-0.39, 0.29) is 11.3 Å². The van der Waals surface area contributed by atoms with Gasteiger partial charge in [-0.2, -0.15) is 0 Å². The summed E-state index contributed by atoms with van der Waals surface area (Å²) in [5.74, 6) is -3.36. The molecule has 0 saturated heterocycles. The van der Waals surface area contributed by atoms with Gasteiger partial charge in [-0.1, -0.05) is 0 Å². The molecule has 1 heterocycles. The van der Waals surface area contributed by atoms with Crippen LogP contribution in [0.1, 0.15) is 23.0 Å². The molecule has 0 fully saturated rings. The molecule has 6 nitrogen and oxygen atoms in total. The smallest absolute Gasteiger partial charge is 0.336 e. The Morgan fingerprint density at radius 3 is 2.61 bits per heavy atom. The van der Waals surface area contributed by atoms with Gasteiger partial charge in [0.2, 0.25) is 0 Å². The molecule has 2 rings (SSSR count). The van der Waals surface area contributed by atoms with Crippen LogP contribution in [0.15, 0.2) is 36.8 Å². The summed E-state index contributed by atoms with van der Waals surface area (Å²) in [4.78, 5) is 31.8. The highest BCUT2D eigenvalue weighted by Gasteiger charge is 2.41. The standard InChI is InChI=1S/C15H13F2N3O3/c1-15(14(22)23-2,10-7-9(16)3-4-11(10)17)20-13(21)12-8-18-5-6-19-12/h3-8H,1-2H3,(H,20,21). The maximum Gasteiger partial charge on any atom is 0.336 e. The van der Waals surface area contributed by atoms with Crippen LogP contribution >= 0.6 is 0 Å². The van der Waals surface area contributed by atoms with Crippen molar-refractivity contribution in [2.45, 2.75) is 12.5 Å². The Hall–Kier alpha value is -2.90. The topological polar surface area (TPSA) is 81.2 Å². The van der Waals surface area contributed by atoms with E-state index < -0.39 is 29.0 Å². The van der Waals surface area contributed by atoms with Crippen molar-refractivity contribution >= 4 is 11.9 Å². The van der Waals surface area contributed by atoms with E-state index in [1.54, 1.807) is 0 Å². The number of halogens is 2. The van der Waals surface area contributed by atoms with E-state index in [1.807, 2.05) is 0 Å². The summed E-state index contributed by atoms with van der Waals surface area (Å²) < 4.78 is 32.1. The van der Waals surface area contributed by atoms with Gasteiger partial charge >= 0.3 is 5.97 Å². The van der Waals surface area contributed by atoms with E-state index >= 15 is 0 Å². The minimum absolute atomic E-state index is 0.0839. The maximum atomic E-state index is 14.1. The average molecular weight is 321 g/mol. The molecule has 2 aromatic rings. The van der Waals surface area contributed by atoms with E-state index in [0.717, 1.165) is 25.3 Å². The molecule has 1 aromatic heterocycles. The van der Waals surface area contributed by atoms with Crippen molar-refractivity contribution in [3.8, 4) is 0 Å². The summed E-state index contributed by atoms with van der Waals surface area (Å²) in [6.07, 6.45) is 3.82. The lowest BCUT2D eigenvalue weighted by Gasteiger charge is -2.28. The lowest BCUT2D eigenvalue weighted by atomic mass is 9.91. The Labute approximate surface area is 130 Å². The quantitative estimate of drug-likeness (QED) is 0.865. The SMILES string of the molecule is COC(=O)C(C)(NC(=O)c1cnccn1)c1cc(F)ccc1F. The zero-order chi connectivity index (χ0) is 17.0. The molecule has 0 aliphatic heterocycles. The average Bonchev–Trinajstić information content (AvgIpc) is 2.56. The third-order valence-corrected chi connectivity index (χ3v) is 3.22. The number of aromatic nitrogens is 2. The third-order valence-electron chi connectivity index (χ3n) is 3.22. The van der Waals surface area contributed by atoms with Gasteiger partial charge in [0.1, 0.15) is 17.3 Å². The monoisotopic (exact) mass is 321 g/mol. The van der Waals surface area contributed by atoms with E-state index in [4.69, 9.17) is 0 Å². The second-order valence-corrected chi connectivity index (χ2v) is 4.79. The third kappa shape index (κ3) is 3.31. The van der Waals surface area contributed by atoms with Gasteiger partial charge in [0.25, 0.3) is 5.91 Å². The van der Waals surface area contributed by atoms with Crippen molar-refractivity contribution < 1.29 is 23.1 Å². The van der Waals surface area contributed by atoms with E-state index in [1.165, 1.54) is 25.5 Å². The van der Waals surface area contributed by atoms with E-state index in [0.29, 0.717) is 0 Å². The van der Waals surface area contributed by atoms with Gasteiger partial charge < -0.3 is 10.1 Å². The second-order valence-electron chi connectivity index (χ2n) is 4.79. The van der Waals surface area contributed by atoms with Crippen LogP contribution < -0.4 is 5.32 Å². The highest BCUT2D eigenvalue weighted by Crippen LogP contribution is 2.26. The van der Waals surface area contributed by atoms with Crippen LogP contribution in [-0.2, 0) is 15.1 Å². The molecule has 1 N–H and O–H groups in total. The molecule has 0 aliphatic carbocycles. The first-order valence-corrected chi connectivity index (χ1v) is 6.51. The highest BCUT2D eigenvalue weighted by atomic mass is 19.1. The van der Waals surface area contributed by atoms with Gasteiger partial charge in [0, 0.05) is 18.0 Å². The lowest BCUT2D eigenvalue weighted by molar-refractivity contribution is -0.148. The fourth-order valence-corrected chi connectivity index (χ4v) is 2.02. The fraction of sp³-hybridized carbons (Fsp3) is 0.200. The number of hydrogen-bond acceptors (Lipinski definition) is 5. The molecule has 0 radical (unpaired) electrons. The van der Waals surface area contributed by atoms with Crippen LogP contribution in [0.3, 0.4) is 0 Å². The predicted octanol–water partition coefficient (Wildman–Crippen LogP) is 1.57. The van der Waals surface area contributed by atoms with Crippen molar-refractivity contribution in [1.82, 2.24) is 15.3 Å². The lowest BCUT2D eigenvalue weighted by Crippen LogP contribution is -2.51. The molecule has 0 saturated carbocycles. The molecule has 1 atom stereocenters. The molecule has 1 unspecified atom stereocenters. The summed E-state index contributed by atoms with van der Waals surface area (Å²) in [6.45, 7) is 1.21. The van der Waals surface area contributed by atoms with Crippen molar-refractivity contribution in [3.63, 3.8) is 0 Å². The van der Waals surface area contributed by atoms with E-state index in [2.05, 4.69) is 20.0 Å². The zero-order valence-electron chi connectivity index (χ0n) is 12.3. The molecular weight excluding hydrogens is 308 g/mol. The first-order chi connectivity index (χ1) is 10.9. The number of ether oxygens (including phenoxy) is 1. The first-order valence-electron chi connectivity index (χ1n) is 6.51. The molecule has 23 heavy (non-hydrogen) atoms. The van der Waals surface area contributed by atoms with E-state index in [9.17, 15) is 18.4 Å². The molecule has 8 heteroatoms. The van der Waals surface area contributed by atoms with Gasteiger partial charge in [-0.3, -0.25) is 9.78 Å². The number of nitrogens with zero attached hydrogens (tertiary/aromatic N) is 2. The minimum atomic E-state index is -1.93. The normalized spacial score (nSPS) is 13.0. The van der Waals surface area contributed by atoms with Crippen LogP contribution in [0, 0.1) is 11.6 Å². The first kappa shape index (κ1) is 16.5. The molecule has 0 aliphatic rings. The Morgan fingerprint density at radius 1 is 1.26 bits per heavy atom. The number of carbonyl (C=O) groups is 2. The minimum Gasteiger partial charge on any atom is -0.467 e. The molecule has 1 amide bonds. The van der Waals surface area contributed by atoms with Crippen LogP contribution in [-0.4, -0.2) is 29.0 Å². The number of methoxy groups -OCH3 is 1. The van der Waals surface area contributed by atoms with Crippen molar-refractivity contribution in [2.75, 3.05) is 7.11 Å². The molecule has 0 spiro atoms. The molecule has 120 valence electrons. The summed E-state index contributed by atoms with van der Waals surface area (Å²) in [5, 5.41) is 2.32. The summed E-state index contributed by atoms with van der Waals surface area (Å²) in [7, 11) is 1.08. The molecular formula is C15H13F2N3O3. The van der Waals surface area contributed by atoms with Gasteiger partial charge in [0.05, 0.1) is 13.3 Å².